The van der Waals surface area contributed by atoms with Crippen molar-refractivity contribution >= 4 is 46.1 Å². The Hall–Kier alpha value is -2.67. The van der Waals surface area contributed by atoms with E-state index < -0.39 is 12.0 Å². The molecule has 29 heavy (non-hydrogen) atoms. The number of aryl methyl sites for hydroxylation is 1. The first-order valence-electron chi connectivity index (χ1n) is 9.24. The molecular weight excluding hydrogens is 408 g/mol. The van der Waals surface area contributed by atoms with Crippen LogP contribution in [0.4, 0.5) is 11.4 Å². The molecular formula is C22H17ClN2O3S. The number of amides is 2. The highest BCUT2D eigenvalue weighted by Crippen LogP contribution is 2.48. The summed E-state index contributed by atoms with van der Waals surface area (Å²) in [6.07, 6.45) is -0.856. The van der Waals surface area contributed by atoms with Gasteiger partial charge in [0.05, 0.1) is 11.4 Å². The number of benzene rings is 2. The van der Waals surface area contributed by atoms with Crippen LogP contribution in [-0.4, -0.2) is 17.9 Å². The van der Waals surface area contributed by atoms with E-state index in [0.717, 1.165) is 16.1 Å². The monoisotopic (exact) mass is 424 g/mol. The lowest BCUT2D eigenvalue weighted by atomic mass is 9.95. The van der Waals surface area contributed by atoms with E-state index in [2.05, 4.69) is 0 Å². The molecule has 0 saturated carbocycles. The molecule has 2 amide bonds. The molecule has 2 aromatic carbocycles. The molecule has 3 atom stereocenters. The van der Waals surface area contributed by atoms with Crippen molar-refractivity contribution in [1.29, 1.82) is 0 Å². The third-order valence-corrected chi connectivity index (χ3v) is 6.49. The second kappa shape index (κ2) is 6.99. The number of fused-ring (bicyclic) bond motifs is 1. The van der Waals surface area contributed by atoms with E-state index in [4.69, 9.17) is 16.4 Å². The number of imide groups is 1. The third-order valence-electron chi connectivity index (χ3n) is 5.29. The van der Waals surface area contributed by atoms with Gasteiger partial charge < -0.3 is 0 Å². The van der Waals surface area contributed by atoms with Gasteiger partial charge in [-0.3, -0.25) is 14.4 Å². The molecule has 3 heterocycles. The van der Waals surface area contributed by atoms with Crippen molar-refractivity contribution in [3.8, 4) is 0 Å². The van der Waals surface area contributed by atoms with Gasteiger partial charge in [-0.25, -0.2) is 9.96 Å². The average molecular weight is 425 g/mol. The van der Waals surface area contributed by atoms with Gasteiger partial charge in [-0.2, -0.15) is 0 Å². The Kier molecular flexibility index (Phi) is 4.42. The van der Waals surface area contributed by atoms with Crippen molar-refractivity contribution in [1.82, 2.24) is 0 Å². The molecule has 0 unspecified atom stereocenters. The number of thiophene rings is 1. The summed E-state index contributed by atoms with van der Waals surface area (Å²) in [5, 5.41) is 4.25. The molecule has 1 aromatic heterocycles. The topological polar surface area (TPSA) is 49.9 Å². The second-order valence-electron chi connectivity index (χ2n) is 7.17. The van der Waals surface area contributed by atoms with Gasteiger partial charge in [0.2, 0.25) is 5.91 Å². The van der Waals surface area contributed by atoms with Crippen LogP contribution in [0.25, 0.3) is 0 Å². The van der Waals surface area contributed by atoms with Crippen LogP contribution < -0.4 is 9.96 Å². The molecule has 146 valence electrons. The Labute approximate surface area is 177 Å². The van der Waals surface area contributed by atoms with E-state index >= 15 is 0 Å². The van der Waals surface area contributed by atoms with E-state index in [9.17, 15) is 9.59 Å². The first-order valence-corrected chi connectivity index (χ1v) is 10.5. The molecule has 0 N–H and O–H groups in total. The summed E-state index contributed by atoms with van der Waals surface area (Å²) in [7, 11) is 0. The third kappa shape index (κ3) is 2.95. The minimum absolute atomic E-state index is 0.236. The van der Waals surface area contributed by atoms with Gasteiger partial charge in [-0.05, 0) is 60.3 Å². The summed E-state index contributed by atoms with van der Waals surface area (Å²) < 4.78 is 0. The highest BCUT2D eigenvalue weighted by molar-refractivity contribution is 7.10. The van der Waals surface area contributed by atoms with E-state index in [1.54, 1.807) is 34.6 Å². The van der Waals surface area contributed by atoms with E-state index in [0.29, 0.717) is 10.7 Å². The summed E-state index contributed by atoms with van der Waals surface area (Å²) in [5.41, 5.74) is 2.32. The molecule has 7 heteroatoms. The lowest BCUT2D eigenvalue weighted by Crippen LogP contribution is -2.37. The van der Waals surface area contributed by atoms with Gasteiger partial charge >= 0.3 is 0 Å². The molecule has 0 radical (unpaired) electrons. The van der Waals surface area contributed by atoms with Crippen molar-refractivity contribution in [2.45, 2.75) is 19.1 Å². The quantitative estimate of drug-likeness (QED) is 0.569. The van der Waals surface area contributed by atoms with Gasteiger partial charge in [0, 0.05) is 9.90 Å². The zero-order valence-electron chi connectivity index (χ0n) is 15.5. The number of hydrogen-bond acceptors (Lipinski definition) is 5. The highest BCUT2D eigenvalue weighted by atomic mass is 35.5. The van der Waals surface area contributed by atoms with Crippen LogP contribution in [0.5, 0.6) is 0 Å². The number of hydroxylamine groups is 1. The molecule has 2 fully saturated rings. The van der Waals surface area contributed by atoms with Crippen LogP contribution in [0.2, 0.25) is 5.02 Å². The predicted octanol–water partition coefficient (Wildman–Crippen LogP) is 4.76. The Morgan fingerprint density at radius 3 is 2.45 bits per heavy atom. The number of anilines is 2. The Morgan fingerprint density at radius 2 is 1.76 bits per heavy atom. The summed E-state index contributed by atoms with van der Waals surface area (Å²) in [4.78, 5) is 35.0. The summed E-state index contributed by atoms with van der Waals surface area (Å²) in [6, 6.07) is 18.1. The number of nitrogens with zero attached hydrogens (tertiary/aromatic N) is 2. The van der Waals surface area contributed by atoms with Crippen LogP contribution in [-0.2, 0) is 14.4 Å². The largest absolute Gasteiger partial charge is 0.273 e. The Balaban J connectivity index is 1.57. The maximum Gasteiger partial charge on any atom is 0.266 e. The summed E-state index contributed by atoms with van der Waals surface area (Å²) in [5.74, 6) is -1.18. The number of halogens is 1. The lowest BCUT2D eigenvalue weighted by Gasteiger charge is -2.28. The number of carbonyl (C=O) groups excluding carboxylic acids is 2. The molecule has 5 nitrogen and oxygen atoms in total. The van der Waals surface area contributed by atoms with Crippen molar-refractivity contribution in [3.05, 3.63) is 81.5 Å². The molecule has 2 aliphatic heterocycles. The van der Waals surface area contributed by atoms with E-state index in [1.807, 2.05) is 54.8 Å². The summed E-state index contributed by atoms with van der Waals surface area (Å²) in [6.45, 7) is 1.93. The number of hydrogen-bond donors (Lipinski definition) is 0. The first-order chi connectivity index (χ1) is 14.0. The zero-order valence-corrected chi connectivity index (χ0v) is 17.1. The van der Waals surface area contributed by atoms with E-state index in [1.165, 1.54) is 4.90 Å². The normalized spacial score (nSPS) is 23.7. The smallest absolute Gasteiger partial charge is 0.266 e. The minimum Gasteiger partial charge on any atom is -0.273 e. The maximum atomic E-state index is 13.4. The fourth-order valence-corrected chi connectivity index (χ4v) is 4.98. The van der Waals surface area contributed by atoms with Gasteiger partial charge in [-0.1, -0.05) is 29.8 Å². The van der Waals surface area contributed by atoms with Crippen molar-refractivity contribution in [2.75, 3.05) is 9.96 Å². The molecule has 2 saturated heterocycles. The lowest BCUT2D eigenvalue weighted by molar-refractivity contribution is -0.126. The van der Waals surface area contributed by atoms with Crippen molar-refractivity contribution in [3.63, 3.8) is 0 Å². The summed E-state index contributed by atoms with van der Waals surface area (Å²) >= 11 is 7.57. The Bertz CT molecular complexity index is 1080. The molecule has 0 aliphatic carbocycles. The number of carbonyl (C=O) groups is 2. The maximum absolute atomic E-state index is 13.4. The first kappa shape index (κ1) is 18.4. The van der Waals surface area contributed by atoms with Crippen molar-refractivity contribution in [2.24, 2.45) is 5.92 Å². The zero-order chi connectivity index (χ0) is 20.1. The van der Waals surface area contributed by atoms with Gasteiger partial charge in [0.1, 0.15) is 12.0 Å². The highest BCUT2D eigenvalue weighted by Gasteiger charge is 2.60. The predicted molar refractivity (Wildman–Crippen MR) is 113 cm³/mol. The molecule has 3 aromatic rings. The molecule has 0 spiro atoms. The van der Waals surface area contributed by atoms with Crippen molar-refractivity contribution < 1.29 is 14.4 Å². The van der Waals surface area contributed by atoms with Crippen LogP contribution in [0.1, 0.15) is 16.5 Å². The van der Waals surface area contributed by atoms with Gasteiger partial charge in [0.15, 0.2) is 6.10 Å². The molecule has 5 rings (SSSR count). The van der Waals surface area contributed by atoms with Gasteiger partial charge in [-0.15, -0.1) is 11.3 Å². The average Bonchev–Trinajstić information content (AvgIpc) is 3.40. The SMILES string of the molecule is Cc1cccc(N2C(=O)[C@H]3[C@H](ON(c4ccc(Cl)cc4)[C@@H]3c3cccs3)C2=O)c1. The van der Waals surface area contributed by atoms with Crippen LogP contribution in [0.3, 0.4) is 0 Å². The molecule has 2 aliphatic rings. The van der Waals surface area contributed by atoms with Crippen LogP contribution in [0.15, 0.2) is 66.0 Å². The van der Waals surface area contributed by atoms with Gasteiger partial charge in [0.25, 0.3) is 5.91 Å². The fourth-order valence-electron chi connectivity index (χ4n) is 4.00. The van der Waals surface area contributed by atoms with Crippen LogP contribution >= 0.6 is 22.9 Å². The Morgan fingerprint density at radius 1 is 0.966 bits per heavy atom. The second-order valence-corrected chi connectivity index (χ2v) is 8.58. The molecule has 0 bridgehead atoms. The standard InChI is InChI=1S/C22H17ClN2O3S/c1-13-4-2-5-16(12-13)24-21(26)18-19(17-6-3-11-29-17)25(28-20(18)22(24)27)15-9-7-14(23)8-10-15/h2-12,18-20H,1H3/t18-,19-,20+/m1/s1. The fraction of sp³-hybridized carbons (Fsp3) is 0.182. The number of rotatable bonds is 3. The minimum atomic E-state index is -0.856. The van der Waals surface area contributed by atoms with E-state index in [-0.39, 0.29) is 17.9 Å². The van der Waals surface area contributed by atoms with Crippen LogP contribution in [0, 0.1) is 12.8 Å².